The Balaban J connectivity index is 1.55. The number of aliphatic hydroxyl groups is 4. The van der Waals surface area contributed by atoms with Crippen LogP contribution < -0.4 is 0 Å². The molecule has 0 spiro atoms. The van der Waals surface area contributed by atoms with Crippen LogP contribution in [0.3, 0.4) is 0 Å². The average molecular weight is 451 g/mol. The van der Waals surface area contributed by atoms with Crippen molar-refractivity contribution in [3.63, 3.8) is 0 Å². The van der Waals surface area contributed by atoms with E-state index in [-0.39, 0.29) is 12.3 Å². The molecule has 0 bridgehead atoms. The molecular formula is C28H50O4. The molecule has 0 radical (unpaired) electrons. The molecule has 32 heavy (non-hydrogen) atoms. The fraction of sp³-hybridized carbons (Fsp3) is 1.00. The molecule has 4 fully saturated rings. The summed E-state index contributed by atoms with van der Waals surface area (Å²) in [6.45, 7) is 14.1. The Labute approximate surface area is 196 Å². The third kappa shape index (κ3) is 3.53. The molecule has 4 N–H and O–H groups in total. The van der Waals surface area contributed by atoms with Gasteiger partial charge in [0, 0.05) is 11.8 Å². The lowest BCUT2D eigenvalue weighted by molar-refractivity contribution is -0.294. The van der Waals surface area contributed by atoms with Crippen molar-refractivity contribution in [2.24, 2.45) is 52.3 Å². The van der Waals surface area contributed by atoms with E-state index in [1.165, 1.54) is 25.7 Å². The summed E-state index contributed by atoms with van der Waals surface area (Å²) in [5, 5.41) is 44.3. The van der Waals surface area contributed by atoms with E-state index in [1.54, 1.807) is 0 Å². The third-order valence-electron chi connectivity index (χ3n) is 11.9. The van der Waals surface area contributed by atoms with E-state index in [9.17, 15) is 20.4 Å². The Kier molecular flexibility index (Phi) is 6.63. The van der Waals surface area contributed by atoms with E-state index in [2.05, 4.69) is 34.6 Å². The van der Waals surface area contributed by atoms with Gasteiger partial charge in [-0.15, -0.1) is 0 Å². The van der Waals surface area contributed by atoms with Crippen LogP contribution in [0.25, 0.3) is 0 Å². The van der Waals surface area contributed by atoms with Crippen molar-refractivity contribution in [3.05, 3.63) is 0 Å². The van der Waals surface area contributed by atoms with Gasteiger partial charge in [-0.2, -0.15) is 0 Å². The van der Waals surface area contributed by atoms with Gasteiger partial charge >= 0.3 is 0 Å². The molecule has 4 heteroatoms. The van der Waals surface area contributed by atoms with E-state index >= 15 is 0 Å². The van der Waals surface area contributed by atoms with Crippen LogP contribution in [0, 0.1) is 52.3 Å². The quantitative estimate of drug-likeness (QED) is 0.486. The molecule has 0 saturated heterocycles. The number of hydrogen-bond acceptors (Lipinski definition) is 4. The lowest BCUT2D eigenvalue weighted by atomic mass is 9.41. The summed E-state index contributed by atoms with van der Waals surface area (Å²) in [6.07, 6.45) is 6.00. The predicted octanol–water partition coefficient (Wildman–Crippen LogP) is 4.77. The van der Waals surface area contributed by atoms with Gasteiger partial charge in [0.1, 0.15) is 5.60 Å². The van der Waals surface area contributed by atoms with Crippen molar-refractivity contribution in [1.82, 2.24) is 0 Å². The Hall–Kier alpha value is -0.160. The number of fused-ring (bicyclic) bond motifs is 5. The summed E-state index contributed by atoms with van der Waals surface area (Å²) >= 11 is 0. The van der Waals surface area contributed by atoms with Gasteiger partial charge in [0.05, 0.1) is 18.3 Å². The highest BCUT2D eigenvalue weighted by molar-refractivity contribution is 5.19. The molecular weight excluding hydrogens is 400 g/mol. The summed E-state index contributed by atoms with van der Waals surface area (Å²) in [6, 6.07) is 0. The van der Waals surface area contributed by atoms with Crippen molar-refractivity contribution in [3.8, 4) is 0 Å². The van der Waals surface area contributed by atoms with Gasteiger partial charge in [-0.25, -0.2) is 0 Å². The lowest BCUT2D eigenvalue weighted by Gasteiger charge is -2.66. The molecule has 4 aliphatic carbocycles. The third-order valence-corrected chi connectivity index (χ3v) is 11.9. The highest BCUT2D eigenvalue weighted by Gasteiger charge is 2.70. The van der Waals surface area contributed by atoms with Crippen LogP contribution in [0.4, 0.5) is 0 Å². The van der Waals surface area contributed by atoms with Crippen LogP contribution in [0.1, 0.15) is 99.3 Å². The molecule has 4 rings (SSSR count). The molecule has 4 saturated carbocycles. The standard InChI is InChI=1S/C28H50O4/c1-16(2)17(3)7-8-18(4)21-9-10-22-20-14-25(31)28(32)15-19(29)13-24(30)27(28,6)23(20)11-12-26(21,22)5/h16-25,29-32H,7-15H2,1-6H3. The lowest BCUT2D eigenvalue weighted by Crippen LogP contribution is -2.72. The summed E-state index contributed by atoms with van der Waals surface area (Å²) in [5.74, 6) is 4.10. The zero-order chi connectivity index (χ0) is 23.6. The molecule has 186 valence electrons. The Morgan fingerprint density at radius 1 is 0.844 bits per heavy atom. The minimum absolute atomic E-state index is 0.181. The number of rotatable bonds is 5. The SMILES string of the molecule is CC(C)C(C)CCC(C)C1CCC2C3CC(O)C4(O)CC(O)CC(O)C4(C)C3CCC12C. The van der Waals surface area contributed by atoms with Gasteiger partial charge in [0.25, 0.3) is 0 Å². The summed E-state index contributed by atoms with van der Waals surface area (Å²) in [5.41, 5.74) is -1.84. The second kappa shape index (κ2) is 8.50. The van der Waals surface area contributed by atoms with Crippen molar-refractivity contribution >= 4 is 0 Å². The zero-order valence-corrected chi connectivity index (χ0v) is 21.4. The molecule has 0 aliphatic heterocycles. The van der Waals surface area contributed by atoms with Crippen LogP contribution in [-0.4, -0.2) is 44.3 Å². The fourth-order valence-electron chi connectivity index (χ4n) is 9.37. The van der Waals surface area contributed by atoms with Crippen LogP contribution in [0.2, 0.25) is 0 Å². The van der Waals surface area contributed by atoms with E-state index < -0.39 is 29.3 Å². The first-order chi connectivity index (χ1) is 14.9. The normalized spacial score (nSPS) is 52.8. The molecule has 0 aromatic carbocycles. The number of hydrogen-bond donors (Lipinski definition) is 4. The molecule has 4 nitrogen and oxygen atoms in total. The van der Waals surface area contributed by atoms with Crippen molar-refractivity contribution in [2.75, 3.05) is 0 Å². The van der Waals surface area contributed by atoms with E-state index in [4.69, 9.17) is 0 Å². The van der Waals surface area contributed by atoms with Gasteiger partial charge in [0.2, 0.25) is 0 Å². The first-order valence-electron chi connectivity index (χ1n) is 13.6. The van der Waals surface area contributed by atoms with Gasteiger partial charge in [-0.3, -0.25) is 0 Å². The molecule has 0 aromatic rings. The van der Waals surface area contributed by atoms with Crippen molar-refractivity contribution in [1.29, 1.82) is 0 Å². The maximum atomic E-state index is 11.6. The predicted molar refractivity (Wildman–Crippen MR) is 128 cm³/mol. The van der Waals surface area contributed by atoms with Gasteiger partial charge in [-0.05, 0) is 85.4 Å². The first kappa shape index (κ1) is 24.9. The van der Waals surface area contributed by atoms with Gasteiger partial charge in [-0.1, -0.05) is 54.4 Å². The highest BCUT2D eigenvalue weighted by Crippen LogP contribution is 2.69. The molecule has 0 heterocycles. The number of aliphatic hydroxyl groups excluding tert-OH is 3. The minimum atomic E-state index is -1.39. The summed E-state index contributed by atoms with van der Waals surface area (Å²) in [7, 11) is 0. The maximum absolute atomic E-state index is 11.6. The second-order valence-corrected chi connectivity index (χ2v) is 13.4. The van der Waals surface area contributed by atoms with Crippen molar-refractivity contribution in [2.45, 2.75) is 123 Å². The van der Waals surface area contributed by atoms with Gasteiger partial charge < -0.3 is 20.4 Å². The van der Waals surface area contributed by atoms with Crippen LogP contribution >= 0.6 is 0 Å². The first-order valence-corrected chi connectivity index (χ1v) is 13.6. The molecule has 4 aliphatic rings. The largest absolute Gasteiger partial charge is 0.393 e. The Morgan fingerprint density at radius 3 is 2.19 bits per heavy atom. The second-order valence-electron chi connectivity index (χ2n) is 13.4. The van der Waals surface area contributed by atoms with Crippen LogP contribution in [-0.2, 0) is 0 Å². The summed E-state index contributed by atoms with van der Waals surface area (Å²) in [4.78, 5) is 0. The van der Waals surface area contributed by atoms with Gasteiger partial charge in [0.15, 0.2) is 0 Å². The molecule has 0 aromatic heterocycles. The molecule has 12 unspecified atom stereocenters. The Bertz CT molecular complexity index is 680. The van der Waals surface area contributed by atoms with Crippen LogP contribution in [0.15, 0.2) is 0 Å². The molecule has 0 amide bonds. The monoisotopic (exact) mass is 450 g/mol. The average Bonchev–Trinajstić information content (AvgIpc) is 3.06. The van der Waals surface area contributed by atoms with E-state index in [0.717, 1.165) is 36.5 Å². The summed E-state index contributed by atoms with van der Waals surface area (Å²) < 4.78 is 0. The zero-order valence-electron chi connectivity index (χ0n) is 21.4. The van der Waals surface area contributed by atoms with Crippen molar-refractivity contribution < 1.29 is 20.4 Å². The molecule has 12 atom stereocenters. The topological polar surface area (TPSA) is 80.9 Å². The minimum Gasteiger partial charge on any atom is -0.393 e. The fourth-order valence-corrected chi connectivity index (χ4v) is 9.37. The smallest absolute Gasteiger partial charge is 0.101 e. The Morgan fingerprint density at radius 2 is 1.53 bits per heavy atom. The van der Waals surface area contributed by atoms with E-state index in [0.29, 0.717) is 30.1 Å². The van der Waals surface area contributed by atoms with Crippen LogP contribution in [0.5, 0.6) is 0 Å². The van der Waals surface area contributed by atoms with E-state index in [1.807, 2.05) is 6.92 Å². The highest BCUT2D eigenvalue weighted by atomic mass is 16.4. The maximum Gasteiger partial charge on any atom is 0.101 e.